The van der Waals surface area contributed by atoms with Crippen molar-refractivity contribution in [1.29, 1.82) is 0 Å². The fraction of sp³-hybridized carbons (Fsp3) is 0.333. The molecule has 0 unspecified atom stereocenters. The molecule has 3 aromatic rings. The van der Waals surface area contributed by atoms with Crippen LogP contribution in [0, 0.1) is 13.8 Å². The number of nitrogens with zero attached hydrogens (tertiary/aromatic N) is 3. The average Bonchev–Trinajstić information content (AvgIpc) is 3.28. The van der Waals surface area contributed by atoms with E-state index in [1.54, 1.807) is 25.4 Å². The number of thiocarbonyl (C=S) groups is 1. The van der Waals surface area contributed by atoms with Crippen molar-refractivity contribution in [3.8, 4) is 0 Å². The first kappa shape index (κ1) is 24.2. The minimum absolute atomic E-state index is 0.140. The zero-order valence-electron chi connectivity index (χ0n) is 19.6. The van der Waals surface area contributed by atoms with Gasteiger partial charge in [-0.1, -0.05) is 6.07 Å². The number of pyridine rings is 1. The monoisotopic (exact) mass is 499 g/mol. The molecule has 0 aliphatic carbocycles. The van der Waals surface area contributed by atoms with Gasteiger partial charge in [0, 0.05) is 42.6 Å². The van der Waals surface area contributed by atoms with Crippen LogP contribution in [-0.2, 0) is 21.3 Å². The molecule has 180 valence electrons. The first-order chi connectivity index (χ1) is 16.2. The number of anilines is 2. The molecule has 2 atom stereocenters. The van der Waals surface area contributed by atoms with E-state index < -0.39 is 10.0 Å². The maximum Gasteiger partial charge on any atom is 0.229 e. The lowest BCUT2D eigenvalue weighted by molar-refractivity contribution is 0.186. The van der Waals surface area contributed by atoms with E-state index in [-0.39, 0.29) is 12.1 Å². The van der Waals surface area contributed by atoms with E-state index in [4.69, 9.17) is 17.0 Å². The third-order valence-corrected chi connectivity index (χ3v) is 6.92. The van der Waals surface area contributed by atoms with Crippen molar-refractivity contribution in [2.24, 2.45) is 0 Å². The summed E-state index contributed by atoms with van der Waals surface area (Å²) in [6, 6.07) is 15.0. The number of methoxy groups -OCH3 is 1. The zero-order chi connectivity index (χ0) is 24.5. The Morgan fingerprint density at radius 3 is 2.53 bits per heavy atom. The van der Waals surface area contributed by atoms with Crippen LogP contribution in [0.3, 0.4) is 0 Å². The molecule has 34 heavy (non-hydrogen) atoms. The number of nitrogens with one attached hydrogen (secondary N) is 2. The lowest BCUT2D eigenvalue weighted by atomic mass is 9.96. The predicted molar refractivity (Wildman–Crippen MR) is 139 cm³/mol. The highest BCUT2D eigenvalue weighted by atomic mass is 32.2. The van der Waals surface area contributed by atoms with Crippen molar-refractivity contribution in [3.05, 3.63) is 77.4 Å². The molecule has 1 saturated heterocycles. The highest BCUT2D eigenvalue weighted by Crippen LogP contribution is 2.43. The maximum atomic E-state index is 11.6. The van der Waals surface area contributed by atoms with Gasteiger partial charge in [-0.25, -0.2) is 8.42 Å². The first-order valence-corrected chi connectivity index (χ1v) is 13.2. The SMILES string of the molecule is COCCn1c(C)cc([C@@H]2[C@H](c3ccccn3)NC(=S)N2c2ccc(NS(C)(=O)=O)cc2)c1C. The smallest absolute Gasteiger partial charge is 0.229 e. The van der Waals surface area contributed by atoms with Gasteiger partial charge in [-0.15, -0.1) is 0 Å². The van der Waals surface area contributed by atoms with Gasteiger partial charge in [0.05, 0.1) is 30.6 Å². The summed E-state index contributed by atoms with van der Waals surface area (Å²) in [7, 11) is -1.65. The standard InChI is InChI=1S/C24H29N5O3S2/c1-16-15-20(17(2)28(16)13-14-32-3)23-22(21-7-5-6-12-25-21)26-24(33)29(23)19-10-8-18(9-11-19)27-34(4,30)31/h5-12,15,22-23,27H,13-14H2,1-4H3,(H,26,33)/t22-,23+/m0/s1. The van der Waals surface area contributed by atoms with E-state index in [0.29, 0.717) is 17.4 Å². The number of sulfonamides is 1. The molecule has 2 aromatic heterocycles. The zero-order valence-corrected chi connectivity index (χ0v) is 21.3. The summed E-state index contributed by atoms with van der Waals surface area (Å²) >= 11 is 5.80. The number of hydrogen-bond donors (Lipinski definition) is 2. The van der Waals surface area contributed by atoms with Gasteiger partial charge in [0.25, 0.3) is 0 Å². The lowest BCUT2D eigenvalue weighted by Gasteiger charge is -2.28. The van der Waals surface area contributed by atoms with E-state index >= 15 is 0 Å². The van der Waals surface area contributed by atoms with Crippen LogP contribution >= 0.6 is 12.2 Å². The number of hydrogen-bond acceptors (Lipinski definition) is 5. The molecule has 2 N–H and O–H groups in total. The fourth-order valence-electron chi connectivity index (χ4n) is 4.51. The number of benzene rings is 1. The second-order valence-electron chi connectivity index (χ2n) is 8.39. The Hall–Kier alpha value is -2.95. The summed E-state index contributed by atoms with van der Waals surface area (Å²) in [4.78, 5) is 6.69. The Bertz CT molecular complexity index is 1270. The third-order valence-electron chi connectivity index (χ3n) is 6.00. The number of rotatable bonds is 8. The van der Waals surface area contributed by atoms with Crippen molar-refractivity contribution in [3.63, 3.8) is 0 Å². The van der Waals surface area contributed by atoms with E-state index in [2.05, 4.69) is 44.4 Å². The van der Waals surface area contributed by atoms with Gasteiger partial charge in [-0.2, -0.15) is 0 Å². The Morgan fingerprint density at radius 2 is 1.91 bits per heavy atom. The molecule has 10 heteroatoms. The van der Waals surface area contributed by atoms with Crippen LogP contribution in [-0.4, -0.2) is 43.1 Å². The molecule has 0 bridgehead atoms. The molecule has 0 radical (unpaired) electrons. The molecule has 1 aromatic carbocycles. The van der Waals surface area contributed by atoms with E-state index in [0.717, 1.165) is 41.1 Å². The summed E-state index contributed by atoms with van der Waals surface area (Å²) < 4.78 is 33.3. The van der Waals surface area contributed by atoms with E-state index in [9.17, 15) is 8.42 Å². The minimum atomic E-state index is -3.36. The van der Waals surface area contributed by atoms with Crippen molar-refractivity contribution in [2.75, 3.05) is 29.6 Å². The summed E-state index contributed by atoms with van der Waals surface area (Å²) in [5, 5.41) is 4.06. The van der Waals surface area contributed by atoms with E-state index in [1.807, 2.05) is 30.3 Å². The van der Waals surface area contributed by atoms with Crippen LogP contribution in [0.1, 0.15) is 34.7 Å². The molecule has 4 rings (SSSR count). The van der Waals surface area contributed by atoms with Crippen LogP contribution in [0.15, 0.2) is 54.7 Å². The Kier molecular flexibility index (Phi) is 6.92. The molecule has 0 saturated carbocycles. The normalized spacial score (nSPS) is 18.2. The van der Waals surface area contributed by atoms with Crippen molar-refractivity contribution in [1.82, 2.24) is 14.9 Å². The largest absolute Gasteiger partial charge is 0.383 e. The van der Waals surface area contributed by atoms with Gasteiger partial charge in [0.2, 0.25) is 10.0 Å². The Morgan fingerprint density at radius 1 is 1.18 bits per heavy atom. The summed E-state index contributed by atoms with van der Waals surface area (Å²) in [6.45, 7) is 5.60. The second-order valence-corrected chi connectivity index (χ2v) is 10.5. The average molecular weight is 500 g/mol. The van der Waals surface area contributed by atoms with Gasteiger partial charge in [0.1, 0.15) is 0 Å². The maximum absolute atomic E-state index is 11.6. The van der Waals surface area contributed by atoms with Crippen LogP contribution in [0.5, 0.6) is 0 Å². The fourth-order valence-corrected chi connectivity index (χ4v) is 5.42. The first-order valence-electron chi connectivity index (χ1n) is 10.9. The molecule has 3 heterocycles. The molecule has 0 amide bonds. The second kappa shape index (κ2) is 9.73. The van der Waals surface area contributed by atoms with Crippen LogP contribution in [0.2, 0.25) is 0 Å². The van der Waals surface area contributed by atoms with Gasteiger partial charge in [0.15, 0.2) is 5.11 Å². The van der Waals surface area contributed by atoms with Gasteiger partial charge in [-0.05, 0) is 74.1 Å². The molecule has 1 aliphatic rings. The van der Waals surface area contributed by atoms with E-state index in [1.165, 1.54) is 0 Å². The minimum Gasteiger partial charge on any atom is -0.383 e. The topological polar surface area (TPSA) is 88.5 Å². The number of aromatic nitrogens is 2. The molecule has 8 nitrogen and oxygen atoms in total. The highest BCUT2D eigenvalue weighted by Gasteiger charge is 2.42. The quantitative estimate of drug-likeness (QED) is 0.457. The molecule has 1 fully saturated rings. The van der Waals surface area contributed by atoms with Gasteiger partial charge in [-0.3, -0.25) is 9.71 Å². The van der Waals surface area contributed by atoms with Crippen molar-refractivity contribution < 1.29 is 13.2 Å². The summed E-state index contributed by atoms with van der Waals surface area (Å²) in [6.07, 6.45) is 2.92. The van der Waals surface area contributed by atoms with Crippen LogP contribution in [0.25, 0.3) is 0 Å². The van der Waals surface area contributed by atoms with Gasteiger partial charge < -0.3 is 19.5 Å². The number of aryl methyl sites for hydroxylation is 1. The number of ether oxygens (including phenoxy) is 1. The van der Waals surface area contributed by atoms with Crippen LogP contribution in [0.4, 0.5) is 11.4 Å². The summed E-state index contributed by atoms with van der Waals surface area (Å²) in [5.41, 5.74) is 5.70. The summed E-state index contributed by atoms with van der Waals surface area (Å²) in [5.74, 6) is 0. The predicted octanol–water partition coefficient (Wildman–Crippen LogP) is 3.69. The molecular formula is C24H29N5O3S2. The van der Waals surface area contributed by atoms with Crippen molar-refractivity contribution in [2.45, 2.75) is 32.5 Å². The molecular weight excluding hydrogens is 470 g/mol. The lowest BCUT2D eigenvalue weighted by Crippen LogP contribution is -2.29. The Balaban J connectivity index is 1.79. The molecule has 0 spiro atoms. The van der Waals surface area contributed by atoms with Gasteiger partial charge >= 0.3 is 0 Å². The third kappa shape index (κ3) is 4.94. The van der Waals surface area contributed by atoms with Crippen LogP contribution < -0.4 is 14.9 Å². The Labute approximate surface area is 206 Å². The highest BCUT2D eigenvalue weighted by molar-refractivity contribution is 7.92. The van der Waals surface area contributed by atoms with Crippen molar-refractivity contribution >= 4 is 38.7 Å². The molecule has 1 aliphatic heterocycles.